The van der Waals surface area contributed by atoms with E-state index in [0.717, 1.165) is 18.4 Å². The van der Waals surface area contributed by atoms with Gasteiger partial charge in [-0.1, -0.05) is 30.2 Å². The Morgan fingerprint density at radius 2 is 2.36 bits per heavy atom. The molecule has 0 amide bonds. The third kappa shape index (κ3) is 1.93. The number of allylic oxidation sites excluding steroid dienone is 3. The molecule has 0 aromatic carbocycles. The third-order valence-electron chi connectivity index (χ3n) is 1.92. The minimum absolute atomic E-state index is 0.635. The molecule has 0 fully saturated rings. The van der Waals surface area contributed by atoms with Crippen molar-refractivity contribution in [3.63, 3.8) is 0 Å². The SMILES string of the molecule is CCC1=C(C)C(Cl)=NC=CC1. The summed E-state index contributed by atoms with van der Waals surface area (Å²) < 4.78 is 0. The maximum atomic E-state index is 5.89. The van der Waals surface area contributed by atoms with Crippen LogP contribution in [-0.4, -0.2) is 5.17 Å². The summed E-state index contributed by atoms with van der Waals surface area (Å²) in [4.78, 5) is 4.05. The molecule has 11 heavy (non-hydrogen) atoms. The third-order valence-corrected chi connectivity index (χ3v) is 2.31. The molecule has 0 aliphatic carbocycles. The van der Waals surface area contributed by atoms with E-state index in [2.05, 4.69) is 11.9 Å². The van der Waals surface area contributed by atoms with Crippen LogP contribution in [-0.2, 0) is 0 Å². The lowest BCUT2D eigenvalue weighted by molar-refractivity contribution is 1.02. The second-order valence-electron chi connectivity index (χ2n) is 2.59. The molecule has 0 spiro atoms. The molecule has 0 saturated heterocycles. The van der Waals surface area contributed by atoms with Gasteiger partial charge in [-0.3, -0.25) is 0 Å². The number of rotatable bonds is 1. The molecular formula is C9H12ClN. The fraction of sp³-hybridized carbons (Fsp3) is 0.444. The summed E-state index contributed by atoms with van der Waals surface area (Å²) in [6.45, 7) is 4.17. The molecule has 1 aliphatic heterocycles. The molecule has 0 radical (unpaired) electrons. The fourth-order valence-electron chi connectivity index (χ4n) is 1.12. The Kier molecular flexibility index (Phi) is 2.89. The Balaban J connectivity index is 2.97. The van der Waals surface area contributed by atoms with E-state index >= 15 is 0 Å². The molecule has 1 nitrogen and oxygen atoms in total. The Hall–Kier alpha value is -0.560. The van der Waals surface area contributed by atoms with Crippen molar-refractivity contribution in [3.8, 4) is 0 Å². The van der Waals surface area contributed by atoms with Crippen LogP contribution in [0.5, 0.6) is 0 Å². The van der Waals surface area contributed by atoms with Crippen molar-refractivity contribution >= 4 is 16.8 Å². The van der Waals surface area contributed by atoms with Crippen LogP contribution in [0.3, 0.4) is 0 Å². The largest absolute Gasteiger partial charge is 0.245 e. The van der Waals surface area contributed by atoms with E-state index < -0.39 is 0 Å². The molecule has 2 heteroatoms. The predicted octanol–water partition coefficient (Wildman–Crippen LogP) is 3.27. The zero-order valence-corrected chi connectivity index (χ0v) is 7.65. The molecule has 0 unspecified atom stereocenters. The van der Waals surface area contributed by atoms with Gasteiger partial charge in [-0.05, 0) is 25.3 Å². The summed E-state index contributed by atoms with van der Waals surface area (Å²) in [5.74, 6) is 0. The van der Waals surface area contributed by atoms with Crippen LogP contribution < -0.4 is 0 Å². The first kappa shape index (κ1) is 8.54. The van der Waals surface area contributed by atoms with Crippen molar-refractivity contribution in [2.75, 3.05) is 0 Å². The highest BCUT2D eigenvalue weighted by Gasteiger charge is 2.05. The van der Waals surface area contributed by atoms with Gasteiger partial charge >= 0.3 is 0 Å². The summed E-state index contributed by atoms with van der Waals surface area (Å²) in [6.07, 6.45) is 5.86. The lowest BCUT2D eigenvalue weighted by Gasteiger charge is -2.03. The van der Waals surface area contributed by atoms with E-state index in [0.29, 0.717) is 5.17 Å². The molecule has 60 valence electrons. The molecule has 0 aromatic heterocycles. The molecule has 0 atom stereocenters. The minimum Gasteiger partial charge on any atom is -0.245 e. The van der Waals surface area contributed by atoms with E-state index in [9.17, 15) is 0 Å². The summed E-state index contributed by atoms with van der Waals surface area (Å²) >= 11 is 5.89. The second kappa shape index (κ2) is 3.72. The molecule has 0 bridgehead atoms. The van der Waals surface area contributed by atoms with Crippen LogP contribution in [0.15, 0.2) is 28.4 Å². The molecule has 1 heterocycles. The van der Waals surface area contributed by atoms with Gasteiger partial charge in [-0.15, -0.1) is 0 Å². The standard InChI is InChI=1S/C9H12ClN/c1-3-8-5-4-6-11-9(10)7(8)2/h4,6H,3,5H2,1-2H3. The number of hydrogen-bond acceptors (Lipinski definition) is 1. The lowest BCUT2D eigenvalue weighted by Crippen LogP contribution is -1.92. The maximum Gasteiger partial charge on any atom is 0.131 e. The van der Waals surface area contributed by atoms with Gasteiger partial charge in [0.05, 0.1) is 0 Å². The Morgan fingerprint density at radius 3 is 3.00 bits per heavy atom. The van der Waals surface area contributed by atoms with Crippen LogP contribution in [0, 0.1) is 0 Å². The van der Waals surface area contributed by atoms with Gasteiger partial charge in [-0.2, -0.15) is 0 Å². The van der Waals surface area contributed by atoms with Gasteiger partial charge < -0.3 is 0 Å². The van der Waals surface area contributed by atoms with Crippen molar-refractivity contribution in [1.29, 1.82) is 0 Å². The Morgan fingerprint density at radius 1 is 1.64 bits per heavy atom. The summed E-state index contributed by atoms with van der Waals surface area (Å²) in [5.41, 5.74) is 2.52. The quantitative estimate of drug-likeness (QED) is 0.572. The number of aliphatic imine (C=N–C) groups is 1. The molecule has 1 rings (SSSR count). The minimum atomic E-state index is 0.635. The van der Waals surface area contributed by atoms with Gasteiger partial charge in [-0.25, -0.2) is 4.99 Å². The van der Waals surface area contributed by atoms with Gasteiger partial charge in [0.2, 0.25) is 0 Å². The zero-order chi connectivity index (χ0) is 8.27. The Bertz CT molecular complexity index is 236. The van der Waals surface area contributed by atoms with E-state index in [1.54, 1.807) is 6.20 Å². The van der Waals surface area contributed by atoms with Gasteiger partial charge in [0.25, 0.3) is 0 Å². The second-order valence-corrected chi connectivity index (χ2v) is 2.95. The van der Waals surface area contributed by atoms with Gasteiger partial charge in [0.15, 0.2) is 0 Å². The van der Waals surface area contributed by atoms with Crippen molar-refractivity contribution in [3.05, 3.63) is 23.4 Å². The van der Waals surface area contributed by atoms with Crippen molar-refractivity contribution in [2.45, 2.75) is 26.7 Å². The summed E-state index contributed by atoms with van der Waals surface area (Å²) in [5, 5.41) is 0.635. The monoisotopic (exact) mass is 169 g/mol. The smallest absolute Gasteiger partial charge is 0.131 e. The summed E-state index contributed by atoms with van der Waals surface area (Å²) in [7, 11) is 0. The van der Waals surface area contributed by atoms with Gasteiger partial charge in [0, 0.05) is 6.20 Å². The average molecular weight is 170 g/mol. The number of nitrogens with zero attached hydrogens (tertiary/aromatic N) is 1. The highest BCUT2D eigenvalue weighted by atomic mass is 35.5. The molecule has 0 saturated carbocycles. The van der Waals surface area contributed by atoms with Crippen LogP contribution in [0.1, 0.15) is 26.7 Å². The van der Waals surface area contributed by atoms with E-state index in [1.165, 1.54) is 5.57 Å². The fourth-order valence-corrected chi connectivity index (χ4v) is 1.31. The average Bonchev–Trinajstić information content (AvgIpc) is 2.16. The van der Waals surface area contributed by atoms with E-state index in [1.807, 2.05) is 13.0 Å². The Labute approximate surface area is 72.5 Å². The first-order valence-corrected chi connectivity index (χ1v) is 4.20. The topological polar surface area (TPSA) is 12.4 Å². The van der Waals surface area contributed by atoms with Crippen molar-refractivity contribution in [2.24, 2.45) is 4.99 Å². The van der Waals surface area contributed by atoms with Crippen LogP contribution in [0.2, 0.25) is 0 Å². The van der Waals surface area contributed by atoms with Gasteiger partial charge in [0.1, 0.15) is 5.17 Å². The van der Waals surface area contributed by atoms with Crippen LogP contribution >= 0.6 is 11.6 Å². The molecule has 0 aromatic rings. The predicted molar refractivity (Wildman–Crippen MR) is 50.0 cm³/mol. The van der Waals surface area contributed by atoms with Crippen LogP contribution in [0.4, 0.5) is 0 Å². The normalized spacial score (nSPS) is 18.3. The maximum absolute atomic E-state index is 5.89. The zero-order valence-electron chi connectivity index (χ0n) is 6.89. The number of hydrogen-bond donors (Lipinski definition) is 0. The van der Waals surface area contributed by atoms with E-state index in [-0.39, 0.29) is 0 Å². The molecular weight excluding hydrogens is 158 g/mol. The first-order valence-electron chi connectivity index (χ1n) is 3.83. The number of halogens is 1. The van der Waals surface area contributed by atoms with Crippen molar-refractivity contribution < 1.29 is 0 Å². The van der Waals surface area contributed by atoms with Crippen LogP contribution in [0.25, 0.3) is 0 Å². The van der Waals surface area contributed by atoms with E-state index in [4.69, 9.17) is 11.6 Å². The highest BCUT2D eigenvalue weighted by Crippen LogP contribution is 2.19. The highest BCUT2D eigenvalue weighted by molar-refractivity contribution is 6.69. The van der Waals surface area contributed by atoms with Crippen molar-refractivity contribution in [1.82, 2.24) is 0 Å². The lowest BCUT2D eigenvalue weighted by atomic mass is 10.1. The molecule has 0 N–H and O–H groups in total. The summed E-state index contributed by atoms with van der Waals surface area (Å²) in [6, 6.07) is 0. The first-order chi connectivity index (χ1) is 5.25. The molecule has 1 aliphatic rings.